The third-order valence-electron chi connectivity index (χ3n) is 3.91. The number of benzene rings is 1. The molecular formula is C15H16BrNOS. The zero-order chi connectivity index (χ0) is 13.5. The minimum absolute atomic E-state index is 0.402. The van der Waals surface area contributed by atoms with Crippen molar-refractivity contribution in [2.45, 2.75) is 24.8 Å². The van der Waals surface area contributed by atoms with Crippen LogP contribution in [0.5, 0.6) is 5.75 Å². The van der Waals surface area contributed by atoms with E-state index in [4.69, 9.17) is 10.5 Å². The summed E-state index contributed by atoms with van der Waals surface area (Å²) in [6.45, 7) is 0. The fraction of sp³-hybridized carbons (Fsp3) is 0.333. The van der Waals surface area contributed by atoms with Gasteiger partial charge in [-0.15, -0.1) is 0 Å². The maximum Gasteiger partial charge on any atom is 0.119 e. The zero-order valence-electron chi connectivity index (χ0n) is 10.8. The molecule has 1 aromatic carbocycles. The Balaban J connectivity index is 2.18. The van der Waals surface area contributed by atoms with Crippen molar-refractivity contribution in [2.75, 3.05) is 7.11 Å². The second-order valence-corrected chi connectivity index (χ2v) is 6.58. The molecule has 0 bridgehead atoms. The normalized spacial score (nSPS) is 22.1. The van der Waals surface area contributed by atoms with E-state index in [2.05, 4.69) is 38.8 Å². The summed E-state index contributed by atoms with van der Waals surface area (Å²) in [6.07, 6.45) is 3.20. The number of methoxy groups -OCH3 is 1. The van der Waals surface area contributed by atoms with Crippen LogP contribution in [-0.2, 0) is 12.0 Å². The van der Waals surface area contributed by atoms with Crippen molar-refractivity contribution >= 4 is 27.3 Å². The average molecular weight is 338 g/mol. The Labute approximate surface area is 125 Å². The van der Waals surface area contributed by atoms with Crippen molar-refractivity contribution in [1.29, 1.82) is 0 Å². The van der Waals surface area contributed by atoms with Crippen molar-refractivity contribution in [1.82, 2.24) is 0 Å². The van der Waals surface area contributed by atoms with Gasteiger partial charge in [-0.05, 0) is 63.8 Å². The molecule has 0 spiro atoms. The predicted molar refractivity (Wildman–Crippen MR) is 82.9 cm³/mol. The lowest BCUT2D eigenvalue weighted by atomic mass is 9.74. The summed E-state index contributed by atoms with van der Waals surface area (Å²) in [5.41, 5.74) is 10.1. The Hall–Kier alpha value is -0.840. The fourth-order valence-electron chi connectivity index (χ4n) is 2.89. The van der Waals surface area contributed by atoms with Crippen LogP contribution in [0, 0.1) is 0 Å². The van der Waals surface area contributed by atoms with Gasteiger partial charge >= 0.3 is 0 Å². The number of rotatable bonds is 2. The molecule has 1 aromatic heterocycles. The number of aryl methyl sites for hydroxylation is 1. The summed E-state index contributed by atoms with van der Waals surface area (Å²) in [4.78, 5) is 0. The van der Waals surface area contributed by atoms with Gasteiger partial charge in [0.15, 0.2) is 0 Å². The summed E-state index contributed by atoms with van der Waals surface area (Å²) in [5.74, 6) is 0.877. The van der Waals surface area contributed by atoms with E-state index in [-0.39, 0.29) is 0 Å². The second-order valence-electron chi connectivity index (χ2n) is 4.98. The van der Waals surface area contributed by atoms with Crippen LogP contribution < -0.4 is 10.5 Å². The summed E-state index contributed by atoms with van der Waals surface area (Å²) in [7, 11) is 1.70. The van der Waals surface area contributed by atoms with Crippen molar-refractivity contribution in [3.8, 4) is 5.75 Å². The van der Waals surface area contributed by atoms with E-state index >= 15 is 0 Å². The molecule has 19 heavy (non-hydrogen) atoms. The van der Waals surface area contributed by atoms with Crippen LogP contribution in [-0.4, -0.2) is 7.11 Å². The SMILES string of the molecule is COc1ccc2c(c1)C(N)(c1cscc1Br)CCC2. The van der Waals surface area contributed by atoms with Crippen molar-refractivity contribution < 1.29 is 4.74 Å². The molecule has 100 valence electrons. The molecule has 2 nitrogen and oxygen atoms in total. The number of halogens is 1. The smallest absolute Gasteiger partial charge is 0.119 e. The van der Waals surface area contributed by atoms with Crippen molar-refractivity contribution in [3.05, 3.63) is 50.1 Å². The van der Waals surface area contributed by atoms with E-state index in [1.807, 2.05) is 6.07 Å². The van der Waals surface area contributed by atoms with E-state index in [9.17, 15) is 0 Å². The first-order chi connectivity index (χ1) is 9.15. The number of ether oxygens (including phenoxy) is 1. The third kappa shape index (κ3) is 2.12. The van der Waals surface area contributed by atoms with Gasteiger partial charge in [-0.1, -0.05) is 6.07 Å². The number of hydrogen-bond donors (Lipinski definition) is 1. The molecule has 0 fully saturated rings. The van der Waals surface area contributed by atoms with Gasteiger partial charge in [0.25, 0.3) is 0 Å². The molecule has 0 saturated heterocycles. The van der Waals surface area contributed by atoms with Crippen molar-refractivity contribution in [2.24, 2.45) is 5.73 Å². The first-order valence-corrected chi connectivity index (χ1v) is 8.07. The van der Waals surface area contributed by atoms with Gasteiger partial charge < -0.3 is 10.5 Å². The third-order valence-corrected chi connectivity index (χ3v) is 5.61. The number of fused-ring (bicyclic) bond motifs is 1. The molecule has 2 aromatic rings. The highest BCUT2D eigenvalue weighted by Crippen LogP contribution is 2.43. The molecule has 0 aliphatic heterocycles. The highest BCUT2D eigenvalue weighted by atomic mass is 79.9. The highest BCUT2D eigenvalue weighted by Gasteiger charge is 2.36. The Morgan fingerprint density at radius 3 is 2.84 bits per heavy atom. The quantitative estimate of drug-likeness (QED) is 0.896. The standard InChI is InChI=1S/C15H16BrNOS/c1-18-11-5-4-10-3-2-6-15(17,12(10)7-11)13-8-19-9-14(13)16/h4-5,7-9H,2-3,6,17H2,1H3. The van der Waals surface area contributed by atoms with Gasteiger partial charge in [-0.2, -0.15) is 11.3 Å². The van der Waals surface area contributed by atoms with Gasteiger partial charge in [0.05, 0.1) is 12.6 Å². The van der Waals surface area contributed by atoms with E-state index in [0.29, 0.717) is 0 Å². The van der Waals surface area contributed by atoms with Crippen LogP contribution in [0.3, 0.4) is 0 Å². The van der Waals surface area contributed by atoms with Gasteiger partial charge in [0.1, 0.15) is 5.75 Å². The van der Waals surface area contributed by atoms with Gasteiger partial charge in [0.2, 0.25) is 0 Å². The number of nitrogens with two attached hydrogens (primary N) is 1. The largest absolute Gasteiger partial charge is 0.497 e. The molecule has 1 aliphatic rings. The van der Waals surface area contributed by atoms with E-state index in [1.165, 1.54) is 16.7 Å². The summed E-state index contributed by atoms with van der Waals surface area (Å²) >= 11 is 5.31. The Morgan fingerprint density at radius 2 is 2.16 bits per heavy atom. The topological polar surface area (TPSA) is 35.2 Å². The van der Waals surface area contributed by atoms with E-state index in [0.717, 1.165) is 29.5 Å². The maximum absolute atomic E-state index is 6.78. The number of thiophene rings is 1. The van der Waals surface area contributed by atoms with Crippen LogP contribution in [0.15, 0.2) is 33.4 Å². The fourth-order valence-corrected chi connectivity index (χ4v) is 4.62. The van der Waals surface area contributed by atoms with Crippen LogP contribution in [0.2, 0.25) is 0 Å². The highest BCUT2D eigenvalue weighted by molar-refractivity contribution is 9.10. The molecule has 1 heterocycles. The zero-order valence-corrected chi connectivity index (χ0v) is 13.2. The van der Waals surface area contributed by atoms with Gasteiger partial charge in [-0.25, -0.2) is 0 Å². The summed E-state index contributed by atoms with van der Waals surface area (Å²) in [6, 6.07) is 6.26. The van der Waals surface area contributed by atoms with E-state index < -0.39 is 5.54 Å². The second kappa shape index (κ2) is 4.93. The molecule has 4 heteroatoms. The van der Waals surface area contributed by atoms with E-state index in [1.54, 1.807) is 18.4 Å². The maximum atomic E-state index is 6.78. The number of hydrogen-bond acceptors (Lipinski definition) is 3. The molecule has 0 radical (unpaired) electrons. The van der Waals surface area contributed by atoms with Gasteiger partial charge in [0, 0.05) is 15.4 Å². The summed E-state index contributed by atoms with van der Waals surface area (Å²) < 4.78 is 6.46. The monoisotopic (exact) mass is 337 g/mol. The van der Waals surface area contributed by atoms with Gasteiger partial charge in [-0.3, -0.25) is 0 Å². The molecule has 3 rings (SSSR count). The lowest BCUT2D eigenvalue weighted by Gasteiger charge is -2.36. The Bertz CT molecular complexity index is 610. The molecule has 2 N–H and O–H groups in total. The summed E-state index contributed by atoms with van der Waals surface area (Å²) in [5, 5.41) is 4.25. The minimum atomic E-state index is -0.402. The Morgan fingerprint density at radius 1 is 1.32 bits per heavy atom. The molecule has 1 atom stereocenters. The lowest BCUT2D eigenvalue weighted by Crippen LogP contribution is -2.41. The average Bonchev–Trinajstić information content (AvgIpc) is 2.86. The lowest BCUT2D eigenvalue weighted by molar-refractivity contribution is 0.404. The van der Waals surface area contributed by atoms with Crippen LogP contribution in [0.25, 0.3) is 0 Å². The molecular weight excluding hydrogens is 322 g/mol. The molecule has 1 unspecified atom stereocenters. The minimum Gasteiger partial charge on any atom is -0.497 e. The molecule has 1 aliphatic carbocycles. The van der Waals surface area contributed by atoms with Crippen molar-refractivity contribution in [3.63, 3.8) is 0 Å². The Kier molecular flexibility index (Phi) is 3.41. The van der Waals surface area contributed by atoms with Crippen LogP contribution in [0.1, 0.15) is 29.5 Å². The van der Waals surface area contributed by atoms with Crippen LogP contribution >= 0.6 is 27.3 Å². The van der Waals surface area contributed by atoms with Crippen LogP contribution in [0.4, 0.5) is 0 Å². The molecule has 0 amide bonds. The molecule has 0 saturated carbocycles. The first kappa shape index (κ1) is 13.2. The predicted octanol–water partition coefficient (Wildman–Crippen LogP) is 4.06. The first-order valence-electron chi connectivity index (χ1n) is 6.33.